The molecule has 0 unspecified atom stereocenters. The second-order valence-electron chi connectivity index (χ2n) is 1.05. The summed E-state index contributed by atoms with van der Waals surface area (Å²) in [5.41, 5.74) is 0. The van der Waals surface area contributed by atoms with Crippen LogP contribution in [0.2, 0.25) is 0 Å². The summed E-state index contributed by atoms with van der Waals surface area (Å²) in [7, 11) is -4.34. The maximum atomic E-state index is 9.75. The van der Waals surface area contributed by atoms with E-state index in [0.717, 1.165) is 0 Å². The summed E-state index contributed by atoms with van der Waals surface area (Å²) < 4.78 is 13.5. The minimum atomic E-state index is -4.34. The molecular formula is C2H11Na4O5P. The van der Waals surface area contributed by atoms with Crippen molar-refractivity contribution in [3.63, 3.8) is 0 Å². The van der Waals surface area contributed by atoms with Crippen molar-refractivity contribution in [3.05, 3.63) is 0 Å². The zero-order chi connectivity index (χ0) is 6.62. The average Bonchev–Trinajstić information content (AvgIpc) is 1.59. The molecule has 0 aromatic rings. The topological polar surface area (TPSA) is 87.0 Å². The van der Waals surface area contributed by atoms with Gasteiger partial charge in [0, 0.05) is 0 Å². The Balaban J connectivity index is -0.0000000408. The van der Waals surface area contributed by atoms with Gasteiger partial charge in [0.15, 0.2) is 0 Å². The fourth-order valence-corrected chi connectivity index (χ4v) is 0.479. The van der Waals surface area contributed by atoms with Crippen LogP contribution in [0.1, 0.15) is 0 Å². The van der Waals surface area contributed by atoms with Gasteiger partial charge in [-0.15, -0.1) is 0 Å². The van der Waals surface area contributed by atoms with E-state index in [1.807, 2.05) is 0 Å². The van der Waals surface area contributed by atoms with Crippen molar-refractivity contribution < 1.29 is 24.0 Å². The molecule has 0 aliphatic carbocycles. The Morgan fingerprint density at radius 1 is 1.08 bits per heavy atom. The van der Waals surface area contributed by atoms with Gasteiger partial charge in [0.25, 0.3) is 0 Å². The summed E-state index contributed by atoms with van der Waals surface area (Å²) in [5, 5.41) is 7.96. The van der Waals surface area contributed by atoms with Gasteiger partial charge in [-0.25, -0.2) is 4.57 Å². The van der Waals surface area contributed by atoms with E-state index in [4.69, 9.17) is 14.9 Å². The van der Waals surface area contributed by atoms with Crippen molar-refractivity contribution >= 4 is 126 Å². The third-order valence-corrected chi connectivity index (χ3v) is 0.870. The van der Waals surface area contributed by atoms with Crippen LogP contribution in [0.15, 0.2) is 0 Å². The number of hydrogen-bond acceptors (Lipinski definition) is 3. The molecule has 0 saturated carbocycles. The van der Waals surface area contributed by atoms with Crippen molar-refractivity contribution in [1.82, 2.24) is 0 Å². The van der Waals surface area contributed by atoms with Crippen molar-refractivity contribution in [2.24, 2.45) is 0 Å². The molecule has 0 fully saturated rings. The van der Waals surface area contributed by atoms with Crippen LogP contribution in [-0.4, -0.2) is 146 Å². The molecule has 0 rings (SSSR count). The average molecular weight is 238 g/mol. The van der Waals surface area contributed by atoms with Gasteiger partial charge < -0.3 is 14.9 Å². The Kier molecular flexibility index (Phi) is 43.3. The van der Waals surface area contributed by atoms with Crippen molar-refractivity contribution in [1.29, 1.82) is 0 Å². The summed E-state index contributed by atoms with van der Waals surface area (Å²) in [6, 6.07) is 0. The Labute approximate surface area is 160 Å². The van der Waals surface area contributed by atoms with Gasteiger partial charge in [0.2, 0.25) is 0 Å². The quantitative estimate of drug-likeness (QED) is 0.350. The number of hydrogen-bond donors (Lipinski definition) is 3. The fourth-order valence-electron chi connectivity index (χ4n) is 0.160. The van der Waals surface area contributed by atoms with Gasteiger partial charge in [-0.3, -0.25) is 4.52 Å². The van der Waals surface area contributed by atoms with E-state index in [1.165, 1.54) is 0 Å². The molecule has 0 aromatic heterocycles. The SMILES string of the molecule is O=P(O)(O)OCCO.[NaH].[NaH].[NaH].[NaH]. The number of aliphatic hydroxyl groups is 1. The van der Waals surface area contributed by atoms with E-state index in [-0.39, 0.29) is 131 Å². The van der Waals surface area contributed by atoms with E-state index in [1.54, 1.807) is 0 Å². The Bertz CT molecular complexity index is 106. The first-order valence-corrected chi connectivity index (χ1v) is 3.40. The van der Waals surface area contributed by atoms with E-state index in [9.17, 15) is 4.57 Å². The third-order valence-electron chi connectivity index (χ3n) is 0.351. The summed E-state index contributed by atoms with van der Waals surface area (Å²) in [4.78, 5) is 15.9. The predicted octanol–water partition coefficient (Wildman–Crippen LogP) is -3.51. The molecule has 0 amide bonds. The van der Waals surface area contributed by atoms with Gasteiger partial charge in [-0.1, -0.05) is 0 Å². The molecule has 12 heavy (non-hydrogen) atoms. The summed E-state index contributed by atoms with van der Waals surface area (Å²) >= 11 is 0. The van der Waals surface area contributed by atoms with Crippen LogP contribution in [0.3, 0.4) is 0 Å². The van der Waals surface area contributed by atoms with Gasteiger partial charge in [-0.2, -0.15) is 0 Å². The molecule has 0 bridgehead atoms. The van der Waals surface area contributed by atoms with Crippen LogP contribution in [0.5, 0.6) is 0 Å². The van der Waals surface area contributed by atoms with E-state index < -0.39 is 7.82 Å². The molecule has 0 atom stereocenters. The van der Waals surface area contributed by atoms with Crippen molar-refractivity contribution in [2.75, 3.05) is 13.2 Å². The third kappa shape index (κ3) is 29.2. The Hall–Kier alpha value is 4.07. The molecule has 58 valence electrons. The number of rotatable bonds is 3. The summed E-state index contributed by atoms with van der Waals surface area (Å²) in [6.07, 6.45) is 0. The van der Waals surface area contributed by atoms with Crippen molar-refractivity contribution in [3.8, 4) is 0 Å². The number of phosphoric ester groups is 1. The first kappa shape index (κ1) is 29.8. The van der Waals surface area contributed by atoms with E-state index in [0.29, 0.717) is 0 Å². The monoisotopic (exact) mass is 238 g/mol. The van der Waals surface area contributed by atoms with Crippen LogP contribution in [0.25, 0.3) is 0 Å². The molecule has 0 aliphatic rings. The number of phosphoric acid groups is 1. The Morgan fingerprint density at radius 3 is 1.50 bits per heavy atom. The molecule has 0 spiro atoms. The first-order valence-electron chi connectivity index (χ1n) is 1.87. The van der Waals surface area contributed by atoms with E-state index in [2.05, 4.69) is 4.52 Å². The van der Waals surface area contributed by atoms with Gasteiger partial charge in [0.1, 0.15) is 0 Å². The molecule has 0 radical (unpaired) electrons. The van der Waals surface area contributed by atoms with Crippen LogP contribution < -0.4 is 0 Å². The zero-order valence-electron chi connectivity index (χ0n) is 4.02. The molecule has 0 aromatic carbocycles. The molecular weight excluding hydrogens is 227 g/mol. The molecule has 0 aliphatic heterocycles. The van der Waals surface area contributed by atoms with Gasteiger partial charge >= 0.3 is 126 Å². The fraction of sp³-hybridized carbons (Fsp3) is 1.00. The second kappa shape index (κ2) is 17.5. The van der Waals surface area contributed by atoms with Crippen LogP contribution >= 0.6 is 7.82 Å². The molecule has 10 heteroatoms. The summed E-state index contributed by atoms with van der Waals surface area (Å²) in [5.74, 6) is 0. The molecule has 0 saturated heterocycles. The van der Waals surface area contributed by atoms with Crippen LogP contribution in [-0.2, 0) is 9.09 Å². The number of aliphatic hydroxyl groups excluding tert-OH is 1. The molecule has 0 heterocycles. The zero-order valence-corrected chi connectivity index (χ0v) is 4.91. The standard InChI is InChI=1S/C2H7O5P.4Na.4H/c3-1-2-7-8(4,5)6;;;;;;;;/h3H,1-2H2,(H2,4,5,6);;;;;;;;. The van der Waals surface area contributed by atoms with Crippen LogP contribution in [0, 0.1) is 0 Å². The van der Waals surface area contributed by atoms with Gasteiger partial charge in [0.05, 0.1) is 13.2 Å². The minimum absolute atomic E-state index is 0. The van der Waals surface area contributed by atoms with Crippen molar-refractivity contribution in [2.45, 2.75) is 0 Å². The molecule has 5 nitrogen and oxygen atoms in total. The van der Waals surface area contributed by atoms with E-state index >= 15 is 0 Å². The normalized spacial score (nSPS) is 7.92. The van der Waals surface area contributed by atoms with Gasteiger partial charge in [-0.05, 0) is 0 Å². The Morgan fingerprint density at radius 2 is 1.42 bits per heavy atom. The molecule has 3 N–H and O–H groups in total. The first-order chi connectivity index (χ1) is 3.56. The predicted molar refractivity (Wildman–Crippen MR) is 53.7 cm³/mol. The maximum absolute atomic E-state index is 9.75. The summed E-state index contributed by atoms with van der Waals surface area (Å²) in [6.45, 7) is -0.713. The second-order valence-corrected chi connectivity index (χ2v) is 2.29. The van der Waals surface area contributed by atoms with Crippen LogP contribution in [0.4, 0.5) is 0 Å².